The van der Waals surface area contributed by atoms with E-state index in [9.17, 15) is 14.3 Å². The van der Waals surface area contributed by atoms with Crippen LogP contribution in [0, 0.1) is 5.82 Å². The SMILES string of the molecule is O=C1NCC2CN(Cc3cc(F)ccc3O)CCN12. The van der Waals surface area contributed by atoms with E-state index in [0.29, 0.717) is 25.2 Å². The monoisotopic (exact) mass is 265 g/mol. The lowest BCUT2D eigenvalue weighted by Crippen LogP contribution is -2.51. The van der Waals surface area contributed by atoms with Gasteiger partial charge in [-0.1, -0.05) is 0 Å². The normalized spacial score (nSPS) is 23.3. The Morgan fingerprint density at radius 3 is 3.11 bits per heavy atom. The van der Waals surface area contributed by atoms with Crippen molar-refractivity contribution in [1.82, 2.24) is 15.1 Å². The summed E-state index contributed by atoms with van der Waals surface area (Å²) in [6, 6.07) is 4.16. The minimum Gasteiger partial charge on any atom is -0.508 e. The van der Waals surface area contributed by atoms with Crippen LogP contribution in [0.25, 0.3) is 0 Å². The first-order valence-electron chi connectivity index (χ1n) is 6.38. The number of hydrogen-bond donors (Lipinski definition) is 2. The highest BCUT2D eigenvalue weighted by Crippen LogP contribution is 2.22. The molecule has 2 heterocycles. The number of carbonyl (C=O) groups is 1. The molecule has 19 heavy (non-hydrogen) atoms. The third-order valence-electron chi connectivity index (χ3n) is 3.75. The quantitative estimate of drug-likeness (QED) is 0.829. The van der Waals surface area contributed by atoms with Crippen molar-refractivity contribution in [3.63, 3.8) is 0 Å². The summed E-state index contributed by atoms with van der Waals surface area (Å²) in [5, 5.41) is 12.5. The summed E-state index contributed by atoms with van der Waals surface area (Å²) in [4.78, 5) is 15.4. The molecule has 1 aromatic carbocycles. The van der Waals surface area contributed by atoms with Gasteiger partial charge in [-0.05, 0) is 18.2 Å². The second-order valence-electron chi connectivity index (χ2n) is 5.04. The molecule has 0 aromatic heterocycles. The van der Waals surface area contributed by atoms with Gasteiger partial charge in [-0.15, -0.1) is 0 Å². The molecule has 2 aliphatic heterocycles. The zero-order valence-corrected chi connectivity index (χ0v) is 10.5. The van der Waals surface area contributed by atoms with E-state index >= 15 is 0 Å². The predicted octanol–water partition coefficient (Wildman–Crippen LogP) is 0.741. The van der Waals surface area contributed by atoms with Gasteiger partial charge in [0.2, 0.25) is 0 Å². The Morgan fingerprint density at radius 1 is 1.42 bits per heavy atom. The number of aromatic hydroxyl groups is 1. The molecule has 2 saturated heterocycles. The minimum absolute atomic E-state index is 0.00162. The van der Waals surface area contributed by atoms with E-state index in [2.05, 4.69) is 10.2 Å². The van der Waals surface area contributed by atoms with Crippen LogP contribution in [0.2, 0.25) is 0 Å². The van der Waals surface area contributed by atoms with Crippen molar-refractivity contribution in [3.05, 3.63) is 29.6 Å². The fourth-order valence-electron chi connectivity index (χ4n) is 2.73. The molecule has 102 valence electrons. The fourth-order valence-corrected chi connectivity index (χ4v) is 2.73. The summed E-state index contributed by atoms with van der Waals surface area (Å²) in [7, 11) is 0. The third-order valence-corrected chi connectivity index (χ3v) is 3.75. The molecule has 2 N–H and O–H groups in total. The number of phenols is 1. The number of nitrogens with zero attached hydrogens (tertiary/aromatic N) is 2. The van der Waals surface area contributed by atoms with E-state index in [0.717, 1.165) is 13.1 Å². The number of carbonyl (C=O) groups excluding carboxylic acids is 1. The Balaban J connectivity index is 1.68. The van der Waals surface area contributed by atoms with Gasteiger partial charge in [-0.3, -0.25) is 4.90 Å². The number of piperazine rings is 1. The Kier molecular flexibility index (Phi) is 3.02. The van der Waals surface area contributed by atoms with Crippen molar-refractivity contribution >= 4 is 6.03 Å². The van der Waals surface area contributed by atoms with Gasteiger partial charge >= 0.3 is 6.03 Å². The Morgan fingerprint density at radius 2 is 2.26 bits per heavy atom. The lowest BCUT2D eigenvalue weighted by Gasteiger charge is -2.36. The number of fused-ring (bicyclic) bond motifs is 1. The van der Waals surface area contributed by atoms with Crippen molar-refractivity contribution in [1.29, 1.82) is 0 Å². The van der Waals surface area contributed by atoms with Gasteiger partial charge in [-0.2, -0.15) is 0 Å². The fraction of sp³-hybridized carbons (Fsp3) is 0.462. The lowest BCUT2D eigenvalue weighted by molar-refractivity contribution is 0.116. The van der Waals surface area contributed by atoms with Gasteiger partial charge in [0.1, 0.15) is 11.6 Å². The number of halogens is 1. The molecule has 0 bridgehead atoms. The standard InChI is InChI=1S/C13H16FN3O2/c14-10-1-2-12(18)9(5-10)7-16-3-4-17-11(8-16)6-15-13(17)19/h1-2,5,11,18H,3-4,6-8H2,(H,15,19). The average Bonchev–Trinajstić information content (AvgIpc) is 2.75. The highest BCUT2D eigenvalue weighted by molar-refractivity contribution is 5.77. The average molecular weight is 265 g/mol. The summed E-state index contributed by atoms with van der Waals surface area (Å²) < 4.78 is 13.2. The van der Waals surface area contributed by atoms with Gasteiger partial charge in [-0.25, -0.2) is 9.18 Å². The van der Waals surface area contributed by atoms with E-state index in [1.807, 2.05) is 4.90 Å². The first-order chi connectivity index (χ1) is 9.13. The summed E-state index contributed by atoms with van der Waals surface area (Å²) in [6.07, 6.45) is 0. The molecule has 1 atom stereocenters. The predicted molar refractivity (Wildman–Crippen MR) is 67.2 cm³/mol. The molecule has 0 spiro atoms. The highest BCUT2D eigenvalue weighted by Gasteiger charge is 2.35. The van der Waals surface area contributed by atoms with Crippen molar-refractivity contribution in [2.75, 3.05) is 26.2 Å². The zero-order valence-electron chi connectivity index (χ0n) is 10.5. The van der Waals surface area contributed by atoms with Crippen molar-refractivity contribution < 1.29 is 14.3 Å². The van der Waals surface area contributed by atoms with Gasteiger partial charge < -0.3 is 15.3 Å². The summed E-state index contributed by atoms with van der Waals surface area (Å²) in [6.45, 7) is 3.31. The lowest BCUT2D eigenvalue weighted by atomic mass is 10.1. The number of nitrogens with one attached hydrogen (secondary N) is 1. The third kappa shape index (κ3) is 2.35. The number of hydrogen-bond acceptors (Lipinski definition) is 3. The number of urea groups is 1. The Labute approximate surface area is 110 Å². The molecular formula is C13H16FN3O2. The van der Waals surface area contributed by atoms with E-state index in [1.165, 1.54) is 18.2 Å². The maximum absolute atomic E-state index is 13.2. The molecule has 0 radical (unpaired) electrons. The van der Waals surface area contributed by atoms with Crippen LogP contribution in [-0.2, 0) is 6.54 Å². The van der Waals surface area contributed by atoms with Crippen LogP contribution in [-0.4, -0.2) is 53.2 Å². The molecule has 6 heteroatoms. The highest BCUT2D eigenvalue weighted by atomic mass is 19.1. The van der Waals surface area contributed by atoms with Crippen molar-refractivity contribution in [2.24, 2.45) is 0 Å². The van der Waals surface area contributed by atoms with Crippen LogP contribution in [0.15, 0.2) is 18.2 Å². The molecular weight excluding hydrogens is 249 g/mol. The number of benzene rings is 1. The van der Waals surface area contributed by atoms with Gasteiger partial charge in [0.25, 0.3) is 0 Å². The molecule has 0 saturated carbocycles. The second-order valence-corrected chi connectivity index (χ2v) is 5.04. The number of rotatable bonds is 2. The Hall–Kier alpha value is -1.82. The van der Waals surface area contributed by atoms with Crippen LogP contribution < -0.4 is 5.32 Å². The smallest absolute Gasteiger partial charge is 0.317 e. The van der Waals surface area contributed by atoms with Crippen LogP contribution in [0.3, 0.4) is 0 Å². The van der Waals surface area contributed by atoms with Crippen molar-refractivity contribution in [3.8, 4) is 5.75 Å². The topological polar surface area (TPSA) is 55.8 Å². The second kappa shape index (κ2) is 4.70. The number of amides is 2. The summed E-state index contributed by atoms with van der Waals surface area (Å²) >= 11 is 0. The van der Waals surface area contributed by atoms with E-state index < -0.39 is 0 Å². The van der Waals surface area contributed by atoms with Crippen LogP contribution in [0.1, 0.15) is 5.56 Å². The summed E-state index contributed by atoms with van der Waals surface area (Å²) in [5.74, 6) is -0.228. The molecule has 1 aromatic rings. The molecule has 1 unspecified atom stereocenters. The zero-order chi connectivity index (χ0) is 13.4. The van der Waals surface area contributed by atoms with Gasteiger partial charge in [0, 0.05) is 38.3 Å². The van der Waals surface area contributed by atoms with Gasteiger partial charge in [0.05, 0.1) is 6.04 Å². The Bertz CT molecular complexity index is 509. The number of phenolic OH excluding ortho intramolecular Hbond substituents is 1. The van der Waals surface area contributed by atoms with E-state index in [1.54, 1.807) is 0 Å². The van der Waals surface area contributed by atoms with Crippen LogP contribution in [0.5, 0.6) is 5.75 Å². The van der Waals surface area contributed by atoms with Crippen molar-refractivity contribution in [2.45, 2.75) is 12.6 Å². The van der Waals surface area contributed by atoms with Gasteiger partial charge in [0.15, 0.2) is 0 Å². The maximum Gasteiger partial charge on any atom is 0.317 e. The minimum atomic E-state index is -0.343. The van der Waals surface area contributed by atoms with E-state index in [-0.39, 0.29) is 23.6 Å². The molecule has 5 nitrogen and oxygen atoms in total. The first kappa shape index (κ1) is 12.2. The van der Waals surface area contributed by atoms with Crippen LogP contribution >= 0.6 is 0 Å². The molecule has 3 rings (SSSR count). The molecule has 2 aliphatic rings. The largest absolute Gasteiger partial charge is 0.508 e. The molecule has 2 amide bonds. The van der Waals surface area contributed by atoms with E-state index in [4.69, 9.17) is 0 Å². The molecule has 0 aliphatic carbocycles. The van der Waals surface area contributed by atoms with Crippen LogP contribution in [0.4, 0.5) is 9.18 Å². The first-order valence-corrected chi connectivity index (χ1v) is 6.38. The maximum atomic E-state index is 13.2. The summed E-state index contributed by atoms with van der Waals surface area (Å²) in [5.41, 5.74) is 0.589. The molecule has 2 fully saturated rings.